The van der Waals surface area contributed by atoms with Crippen LogP contribution in [0.15, 0.2) is 0 Å². The second-order valence-corrected chi connectivity index (χ2v) is 4.79. The van der Waals surface area contributed by atoms with E-state index in [1.54, 1.807) is 0 Å². The lowest BCUT2D eigenvalue weighted by Gasteiger charge is -2.28. The van der Waals surface area contributed by atoms with Gasteiger partial charge < -0.3 is 16.0 Å². The Kier molecular flexibility index (Phi) is 3.46. The SMILES string of the molecule is CC(NC(=O)NC1CCC1)C1CCNC1. The molecule has 1 saturated carbocycles. The summed E-state index contributed by atoms with van der Waals surface area (Å²) in [5.41, 5.74) is 0. The molecule has 0 bridgehead atoms. The molecule has 2 fully saturated rings. The van der Waals surface area contributed by atoms with E-state index >= 15 is 0 Å². The minimum atomic E-state index is 0.0131. The first-order valence-corrected chi connectivity index (χ1v) is 6.03. The van der Waals surface area contributed by atoms with Gasteiger partial charge >= 0.3 is 6.03 Å². The van der Waals surface area contributed by atoms with Crippen LogP contribution in [0.4, 0.5) is 4.79 Å². The third kappa shape index (κ3) is 2.84. The van der Waals surface area contributed by atoms with Crippen LogP contribution < -0.4 is 16.0 Å². The lowest BCUT2D eigenvalue weighted by Crippen LogP contribution is -2.49. The van der Waals surface area contributed by atoms with Gasteiger partial charge in [-0.15, -0.1) is 0 Å². The lowest BCUT2D eigenvalue weighted by molar-refractivity contribution is 0.221. The maximum absolute atomic E-state index is 11.6. The molecule has 0 aromatic rings. The average Bonchev–Trinajstić information content (AvgIpc) is 2.64. The van der Waals surface area contributed by atoms with Crippen molar-refractivity contribution in [2.45, 2.75) is 44.7 Å². The predicted molar refractivity (Wildman–Crippen MR) is 59.7 cm³/mol. The largest absolute Gasteiger partial charge is 0.335 e. The molecule has 0 aromatic carbocycles. The van der Waals surface area contributed by atoms with E-state index in [-0.39, 0.29) is 12.1 Å². The predicted octanol–water partition coefficient (Wildman–Crippen LogP) is 0.836. The number of rotatable bonds is 3. The van der Waals surface area contributed by atoms with E-state index < -0.39 is 0 Å². The number of carbonyl (C=O) groups is 1. The van der Waals surface area contributed by atoms with Crippen molar-refractivity contribution in [3.8, 4) is 0 Å². The Labute approximate surface area is 91.2 Å². The van der Waals surface area contributed by atoms with E-state index in [2.05, 4.69) is 22.9 Å². The molecule has 1 aliphatic carbocycles. The third-order valence-corrected chi connectivity index (χ3v) is 3.60. The van der Waals surface area contributed by atoms with Crippen molar-refractivity contribution in [1.29, 1.82) is 0 Å². The van der Waals surface area contributed by atoms with E-state index in [4.69, 9.17) is 0 Å². The lowest BCUT2D eigenvalue weighted by atomic mass is 9.93. The van der Waals surface area contributed by atoms with Gasteiger partial charge in [0.2, 0.25) is 0 Å². The van der Waals surface area contributed by atoms with Crippen molar-refractivity contribution in [1.82, 2.24) is 16.0 Å². The minimum absolute atomic E-state index is 0.0131. The van der Waals surface area contributed by atoms with E-state index in [1.807, 2.05) is 0 Å². The molecule has 4 heteroatoms. The molecular weight excluding hydrogens is 190 g/mol. The van der Waals surface area contributed by atoms with Gasteiger partial charge in [-0.1, -0.05) is 0 Å². The highest BCUT2D eigenvalue weighted by Gasteiger charge is 2.24. The highest BCUT2D eigenvalue weighted by molar-refractivity contribution is 5.74. The van der Waals surface area contributed by atoms with Gasteiger partial charge in [0.15, 0.2) is 0 Å². The molecule has 86 valence electrons. The Hall–Kier alpha value is -0.770. The van der Waals surface area contributed by atoms with E-state index in [0.717, 1.165) is 25.9 Å². The van der Waals surface area contributed by atoms with Crippen LogP contribution in [0.1, 0.15) is 32.6 Å². The molecule has 2 rings (SSSR count). The first-order valence-electron chi connectivity index (χ1n) is 6.03. The Morgan fingerprint density at radius 1 is 1.40 bits per heavy atom. The molecule has 4 nitrogen and oxygen atoms in total. The zero-order valence-electron chi connectivity index (χ0n) is 9.38. The zero-order chi connectivity index (χ0) is 10.7. The smallest absolute Gasteiger partial charge is 0.315 e. The van der Waals surface area contributed by atoms with Crippen LogP contribution in [0.5, 0.6) is 0 Å². The van der Waals surface area contributed by atoms with Crippen LogP contribution in [-0.2, 0) is 0 Å². The van der Waals surface area contributed by atoms with Crippen molar-refractivity contribution in [3.63, 3.8) is 0 Å². The molecule has 2 amide bonds. The first kappa shape index (κ1) is 10.7. The van der Waals surface area contributed by atoms with Gasteiger partial charge in [-0.25, -0.2) is 4.79 Å². The fourth-order valence-corrected chi connectivity index (χ4v) is 2.21. The van der Waals surface area contributed by atoms with Crippen molar-refractivity contribution < 1.29 is 4.79 Å². The summed E-state index contributed by atoms with van der Waals surface area (Å²) < 4.78 is 0. The molecular formula is C11H21N3O. The van der Waals surface area contributed by atoms with Crippen LogP contribution in [-0.4, -0.2) is 31.2 Å². The molecule has 2 unspecified atom stereocenters. The number of urea groups is 1. The van der Waals surface area contributed by atoms with Crippen LogP contribution in [0.2, 0.25) is 0 Å². The van der Waals surface area contributed by atoms with Crippen LogP contribution in [0.25, 0.3) is 0 Å². The van der Waals surface area contributed by atoms with Gasteiger partial charge in [0.1, 0.15) is 0 Å². The fourth-order valence-electron chi connectivity index (χ4n) is 2.21. The second-order valence-electron chi connectivity index (χ2n) is 4.79. The van der Waals surface area contributed by atoms with Gasteiger partial charge in [0.25, 0.3) is 0 Å². The zero-order valence-corrected chi connectivity index (χ0v) is 9.38. The summed E-state index contributed by atoms with van der Waals surface area (Å²) in [4.78, 5) is 11.6. The molecule has 2 atom stereocenters. The number of hydrogen-bond acceptors (Lipinski definition) is 2. The number of nitrogens with one attached hydrogen (secondary N) is 3. The molecule has 0 aromatic heterocycles. The quantitative estimate of drug-likeness (QED) is 0.648. The Morgan fingerprint density at radius 2 is 2.20 bits per heavy atom. The summed E-state index contributed by atoms with van der Waals surface area (Å²) in [6.45, 7) is 4.21. The summed E-state index contributed by atoms with van der Waals surface area (Å²) in [6, 6.07) is 0.720. The molecule has 1 saturated heterocycles. The molecule has 3 N–H and O–H groups in total. The summed E-state index contributed by atoms with van der Waals surface area (Å²) in [5, 5.41) is 9.35. The first-order chi connectivity index (χ1) is 7.25. The standard InChI is InChI=1S/C11H21N3O/c1-8(9-5-6-12-7-9)13-11(15)14-10-3-2-4-10/h8-10,12H,2-7H2,1H3,(H2,13,14,15). The number of hydrogen-bond donors (Lipinski definition) is 3. The topological polar surface area (TPSA) is 53.2 Å². The van der Waals surface area contributed by atoms with Crippen molar-refractivity contribution in [2.24, 2.45) is 5.92 Å². The van der Waals surface area contributed by atoms with Gasteiger partial charge in [0.05, 0.1) is 0 Å². The van der Waals surface area contributed by atoms with Crippen molar-refractivity contribution in [2.75, 3.05) is 13.1 Å². The fraction of sp³-hybridized carbons (Fsp3) is 0.909. The van der Waals surface area contributed by atoms with Crippen LogP contribution >= 0.6 is 0 Å². The molecule has 2 aliphatic rings. The Balaban J connectivity index is 1.67. The van der Waals surface area contributed by atoms with E-state index in [9.17, 15) is 4.79 Å². The minimum Gasteiger partial charge on any atom is -0.335 e. The maximum Gasteiger partial charge on any atom is 0.315 e. The van der Waals surface area contributed by atoms with Gasteiger partial charge in [-0.05, 0) is 51.6 Å². The molecule has 1 heterocycles. The summed E-state index contributed by atoms with van der Waals surface area (Å²) >= 11 is 0. The summed E-state index contributed by atoms with van der Waals surface area (Å²) in [5.74, 6) is 0.595. The van der Waals surface area contributed by atoms with E-state index in [1.165, 1.54) is 12.8 Å². The number of amides is 2. The molecule has 15 heavy (non-hydrogen) atoms. The Bertz CT molecular complexity index is 222. The van der Waals surface area contributed by atoms with Crippen molar-refractivity contribution >= 4 is 6.03 Å². The van der Waals surface area contributed by atoms with Crippen molar-refractivity contribution in [3.05, 3.63) is 0 Å². The summed E-state index contributed by atoms with van der Waals surface area (Å²) in [7, 11) is 0. The molecule has 1 aliphatic heterocycles. The summed E-state index contributed by atoms with van der Waals surface area (Å²) in [6.07, 6.45) is 4.72. The van der Waals surface area contributed by atoms with Crippen LogP contribution in [0.3, 0.4) is 0 Å². The number of carbonyl (C=O) groups excluding carboxylic acids is 1. The second kappa shape index (κ2) is 4.84. The monoisotopic (exact) mass is 211 g/mol. The molecule has 0 spiro atoms. The third-order valence-electron chi connectivity index (χ3n) is 3.60. The highest BCUT2D eigenvalue weighted by atomic mass is 16.2. The van der Waals surface area contributed by atoms with Gasteiger partial charge in [0, 0.05) is 12.1 Å². The van der Waals surface area contributed by atoms with Crippen LogP contribution in [0, 0.1) is 5.92 Å². The normalized spacial score (nSPS) is 28.2. The van der Waals surface area contributed by atoms with E-state index in [0.29, 0.717) is 12.0 Å². The van der Waals surface area contributed by atoms with Gasteiger partial charge in [-0.3, -0.25) is 0 Å². The maximum atomic E-state index is 11.6. The average molecular weight is 211 g/mol. The Morgan fingerprint density at radius 3 is 2.73 bits per heavy atom. The van der Waals surface area contributed by atoms with Gasteiger partial charge in [-0.2, -0.15) is 0 Å². The molecule has 0 radical (unpaired) electrons. The highest BCUT2D eigenvalue weighted by Crippen LogP contribution is 2.18.